The third-order valence-electron chi connectivity index (χ3n) is 3.96. The summed E-state index contributed by atoms with van der Waals surface area (Å²) < 4.78 is 11.1. The van der Waals surface area contributed by atoms with Gasteiger partial charge in [0.15, 0.2) is 0 Å². The normalized spacial score (nSPS) is 40.0. The molecule has 0 N–H and O–H groups in total. The zero-order valence-electron chi connectivity index (χ0n) is 9.32. The number of allylic oxidation sites excluding steroid dienone is 2. The molecule has 0 spiro atoms. The minimum Gasteiger partial charge on any atom is -0.399 e. The van der Waals surface area contributed by atoms with Crippen LogP contribution >= 0.6 is 0 Å². The third kappa shape index (κ3) is 1.38. The molecule has 1 saturated carbocycles. The van der Waals surface area contributed by atoms with E-state index in [4.69, 9.17) is 8.85 Å². The molecule has 3 unspecified atom stereocenters. The molecule has 1 fully saturated rings. The zero-order valence-corrected chi connectivity index (χ0v) is 10.5. The molecule has 0 heterocycles. The van der Waals surface area contributed by atoms with Crippen molar-refractivity contribution in [1.82, 2.24) is 0 Å². The van der Waals surface area contributed by atoms with E-state index in [-0.39, 0.29) is 0 Å². The van der Waals surface area contributed by atoms with Gasteiger partial charge >= 0.3 is 9.28 Å². The van der Waals surface area contributed by atoms with Crippen LogP contribution in [0.5, 0.6) is 0 Å². The molecule has 0 radical (unpaired) electrons. The van der Waals surface area contributed by atoms with Crippen molar-refractivity contribution in [2.24, 2.45) is 11.8 Å². The Morgan fingerprint density at radius 1 is 1.36 bits per heavy atom. The molecule has 0 amide bonds. The van der Waals surface area contributed by atoms with Crippen LogP contribution in [0, 0.1) is 11.8 Å². The molecule has 2 aliphatic rings. The first-order valence-electron chi connectivity index (χ1n) is 5.50. The first kappa shape index (κ1) is 10.4. The summed E-state index contributed by atoms with van der Waals surface area (Å²) in [6.45, 7) is 2.29. The van der Waals surface area contributed by atoms with E-state index in [1.165, 1.54) is 19.3 Å². The summed E-state index contributed by atoms with van der Waals surface area (Å²) in [7, 11) is 2.12. The predicted molar refractivity (Wildman–Crippen MR) is 59.5 cm³/mol. The van der Waals surface area contributed by atoms with E-state index >= 15 is 0 Å². The SMILES string of the molecule is CCC1CC2([SiH](OC)OC)C=CC1C2. The molecule has 2 nitrogen and oxygen atoms in total. The van der Waals surface area contributed by atoms with Gasteiger partial charge in [-0.3, -0.25) is 0 Å². The van der Waals surface area contributed by atoms with Crippen molar-refractivity contribution in [3.63, 3.8) is 0 Å². The maximum Gasteiger partial charge on any atom is 0.331 e. The summed E-state index contributed by atoms with van der Waals surface area (Å²) in [6.07, 6.45) is 8.65. The fourth-order valence-electron chi connectivity index (χ4n) is 3.29. The molecule has 2 bridgehead atoms. The van der Waals surface area contributed by atoms with Crippen LogP contribution in [0.1, 0.15) is 26.2 Å². The van der Waals surface area contributed by atoms with Gasteiger partial charge in [-0.15, -0.1) is 0 Å². The van der Waals surface area contributed by atoms with Gasteiger partial charge in [0.05, 0.1) is 0 Å². The van der Waals surface area contributed by atoms with E-state index in [1.54, 1.807) is 14.2 Å². The van der Waals surface area contributed by atoms with E-state index in [0.717, 1.165) is 11.8 Å². The standard InChI is InChI=1S/C11H20O2Si/c1-4-9-7-11(14(12-2)13-3)6-5-10(9)8-11/h5-6,9-10,14H,4,7-8H2,1-3H3. The Labute approximate surface area is 88.1 Å². The number of fused-ring (bicyclic) bond motifs is 2. The molecular formula is C11H20O2Si. The van der Waals surface area contributed by atoms with Crippen LogP contribution in [-0.4, -0.2) is 23.5 Å². The molecule has 0 saturated heterocycles. The van der Waals surface area contributed by atoms with Gasteiger partial charge in [-0.1, -0.05) is 25.5 Å². The molecule has 14 heavy (non-hydrogen) atoms. The minimum absolute atomic E-state index is 0.314. The summed E-state index contributed by atoms with van der Waals surface area (Å²) in [5, 5.41) is 0.314. The van der Waals surface area contributed by atoms with Crippen LogP contribution in [0.4, 0.5) is 0 Å². The van der Waals surface area contributed by atoms with Crippen molar-refractivity contribution >= 4 is 9.28 Å². The molecule has 0 aliphatic heterocycles. The molecule has 2 rings (SSSR count). The second-order valence-electron chi connectivity index (χ2n) is 4.64. The van der Waals surface area contributed by atoms with E-state index < -0.39 is 9.28 Å². The van der Waals surface area contributed by atoms with Crippen LogP contribution in [0.2, 0.25) is 5.04 Å². The molecule has 80 valence electrons. The molecular weight excluding hydrogens is 192 g/mol. The first-order chi connectivity index (χ1) is 6.75. The van der Waals surface area contributed by atoms with Crippen molar-refractivity contribution in [3.05, 3.63) is 12.2 Å². The van der Waals surface area contributed by atoms with Gasteiger partial charge in [-0.25, -0.2) is 0 Å². The number of rotatable bonds is 4. The Kier molecular flexibility index (Phi) is 2.82. The molecule has 0 aromatic rings. The van der Waals surface area contributed by atoms with Gasteiger partial charge in [-0.2, -0.15) is 0 Å². The van der Waals surface area contributed by atoms with Crippen molar-refractivity contribution in [3.8, 4) is 0 Å². The van der Waals surface area contributed by atoms with Crippen LogP contribution in [0.15, 0.2) is 12.2 Å². The maximum absolute atomic E-state index is 5.56. The lowest BCUT2D eigenvalue weighted by Gasteiger charge is -2.30. The zero-order chi connectivity index (χ0) is 10.2. The highest BCUT2D eigenvalue weighted by Gasteiger charge is 2.52. The van der Waals surface area contributed by atoms with Gasteiger partial charge in [0.25, 0.3) is 0 Å². The lowest BCUT2D eigenvalue weighted by molar-refractivity contribution is 0.249. The van der Waals surface area contributed by atoms with Crippen molar-refractivity contribution in [2.45, 2.75) is 31.2 Å². The largest absolute Gasteiger partial charge is 0.399 e. The maximum atomic E-state index is 5.56. The van der Waals surface area contributed by atoms with Gasteiger partial charge in [0.2, 0.25) is 0 Å². The van der Waals surface area contributed by atoms with E-state index in [0.29, 0.717) is 5.04 Å². The topological polar surface area (TPSA) is 18.5 Å². The quantitative estimate of drug-likeness (QED) is 0.525. The number of hydrogen-bond acceptors (Lipinski definition) is 2. The first-order valence-corrected chi connectivity index (χ1v) is 7.02. The summed E-state index contributed by atoms with van der Waals surface area (Å²) in [5.74, 6) is 1.68. The average Bonchev–Trinajstić information content (AvgIpc) is 2.77. The van der Waals surface area contributed by atoms with Gasteiger partial charge < -0.3 is 8.85 Å². The summed E-state index contributed by atoms with van der Waals surface area (Å²) >= 11 is 0. The van der Waals surface area contributed by atoms with E-state index in [2.05, 4.69) is 19.1 Å². The van der Waals surface area contributed by atoms with Gasteiger partial charge in [-0.05, 0) is 24.7 Å². The van der Waals surface area contributed by atoms with Crippen molar-refractivity contribution < 1.29 is 8.85 Å². The Morgan fingerprint density at radius 2 is 2.07 bits per heavy atom. The van der Waals surface area contributed by atoms with Crippen LogP contribution in [0.3, 0.4) is 0 Å². The average molecular weight is 212 g/mol. The Morgan fingerprint density at radius 3 is 2.57 bits per heavy atom. The van der Waals surface area contributed by atoms with Crippen molar-refractivity contribution in [1.29, 1.82) is 0 Å². The summed E-state index contributed by atoms with van der Waals surface area (Å²) in [4.78, 5) is 0. The van der Waals surface area contributed by atoms with Crippen LogP contribution in [0.25, 0.3) is 0 Å². The smallest absolute Gasteiger partial charge is 0.331 e. The highest BCUT2D eigenvalue weighted by molar-refractivity contribution is 6.49. The number of hydrogen-bond donors (Lipinski definition) is 0. The van der Waals surface area contributed by atoms with Gasteiger partial charge in [0.1, 0.15) is 0 Å². The molecule has 3 atom stereocenters. The molecule has 0 aromatic carbocycles. The lowest BCUT2D eigenvalue weighted by Crippen LogP contribution is -2.33. The van der Waals surface area contributed by atoms with E-state index in [1.807, 2.05) is 0 Å². The Hall–Kier alpha value is -0.123. The summed E-state index contributed by atoms with van der Waals surface area (Å²) in [5.41, 5.74) is 0. The monoisotopic (exact) mass is 212 g/mol. The second-order valence-corrected chi connectivity index (χ2v) is 7.39. The Balaban J connectivity index is 2.15. The molecule has 3 heteroatoms. The lowest BCUT2D eigenvalue weighted by atomic mass is 9.91. The fraction of sp³-hybridized carbons (Fsp3) is 0.818. The van der Waals surface area contributed by atoms with Crippen LogP contribution < -0.4 is 0 Å². The highest BCUT2D eigenvalue weighted by Crippen LogP contribution is 2.60. The minimum atomic E-state index is -1.48. The third-order valence-corrected chi connectivity index (χ3v) is 6.42. The van der Waals surface area contributed by atoms with Crippen LogP contribution in [-0.2, 0) is 8.85 Å². The highest BCUT2D eigenvalue weighted by atomic mass is 28.3. The predicted octanol–water partition coefficient (Wildman–Crippen LogP) is 2.25. The van der Waals surface area contributed by atoms with Gasteiger partial charge in [0, 0.05) is 19.3 Å². The van der Waals surface area contributed by atoms with Crippen molar-refractivity contribution in [2.75, 3.05) is 14.2 Å². The van der Waals surface area contributed by atoms with E-state index in [9.17, 15) is 0 Å². The Bertz CT molecular complexity index is 237. The molecule has 2 aliphatic carbocycles. The molecule has 0 aromatic heterocycles. The fourth-order valence-corrected chi connectivity index (χ4v) is 5.65. The summed E-state index contributed by atoms with van der Waals surface area (Å²) in [6, 6.07) is 0. The second kappa shape index (κ2) is 3.80.